The molecule has 1 heterocycles. The van der Waals surface area contributed by atoms with Crippen LogP contribution in [0.4, 0.5) is 0 Å². The van der Waals surface area contributed by atoms with Crippen molar-refractivity contribution in [3.63, 3.8) is 0 Å². The number of carbonyl (C=O) groups excluding carboxylic acids is 1. The number of aromatic amines is 1. The summed E-state index contributed by atoms with van der Waals surface area (Å²) in [5, 5.41) is 3.29. The zero-order valence-corrected chi connectivity index (χ0v) is 12.6. The first kappa shape index (κ1) is 13.6. The first-order valence-electron chi connectivity index (χ1n) is 8.20. The summed E-state index contributed by atoms with van der Waals surface area (Å²) in [5.74, 6) is 0.268. The van der Waals surface area contributed by atoms with Gasteiger partial charge in [0.25, 0.3) is 0 Å². The Balaban J connectivity index is 1.47. The third-order valence-corrected chi connectivity index (χ3v) is 5.04. The minimum absolute atomic E-state index is 0.0713. The molecular formula is C18H21N3O. The highest BCUT2D eigenvalue weighted by molar-refractivity contribution is 5.79. The fraction of sp³-hybridized carbons (Fsp3) is 0.444. The average Bonchev–Trinajstić information content (AvgIpc) is 3.02. The smallest absolute Gasteiger partial charge is 0.223 e. The second-order valence-corrected chi connectivity index (χ2v) is 6.42. The maximum Gasteiger partial charge on any atom is 0.223 e. The number of amides is 1. The Morgan fingerprint density at radius 1 is 1.23 bits per heavy atom. The SMILES string of the molecule is O=C(N[C@H]1CCCc2ccccc21)[C@H]1CCc2nc[nH]c2C1. The lowest BCUT2D eigenvalue weighted by Crippen LogP contribution is -2.37. The molecule has 2 aliphatic rings. The lowest BCUT2D eigenvalue weighted by molar-refractivity contribution is -0.126. The predicted octanol–water partition coefficient (Wildman–Crippen LogP) is 2.71. The summed E-state index contributed by atoms with van der Waals surface area (Å²) >= 11 is 0. The Kier molecular flexibility index (Phi) is 3.45. The van der Waals surface area contributed by atoms with Gasteiger partial charge in [-0.1, -0.05) is 24.3 Å². The zero-order valence-electron chi connectivity index (χ0n) is 12.6. The number of imidazole rings is 1. The second-order valence-electron chi connectivity index (χ2n) is 6.42. The van der Waals surface area contributed by atoms with Crippen LogP contribution in [0.5, 0.6) is 0 Å². The molecule has 0 radical (unpaired) electrons. The van der Waals surface area contributed by atoms with E-state index in [1.807, 2.05) is 0 Å². The van der Waals surface area contributed by atoms with Crippen molar-refractivity contribution in [1.29, 1.82) is 0 Å². The van der Waals surface area contributed by atoms with Gasteiger partial charge in [0.15, 0.2) is 0 Å². The molecule has 4 rings (SSSR count). The lowest BCUT2D eigenvalue weighted by atomic mass is 9.85. The number of nitrogens with zero attached hydrogens (tertiary/aromatic N) is 1. The zero-order chi connectivity index (χ0) is 14.9. The summed E-state index contributed by atoms with van der Waals surface area (Å²) in [6, 6.07) is 8.68. The van der Waals surface area contributed by atoms with Crippen molar-refractivity contribution < 1.29 is 4.79 Å². The van der Waals surface area contributed by atoms with Crippen LogP contribution >= 0.6 is 0 Å². The van der Waals surface area contributed by atoms with Crippen LogP contribution in [0.15, 0.2) is 30.6 Å². The molecule has 22 heavy (non-hydrogen) atoms. The van der Waals surface area contributed by atoms with Crippen molar-refractivity contribution >= 4 is 5.91 Å². The molecule has 1 amide bonds. The monoisotopic (exact) mass is 295 g/mol. The van der Waals surface area contributed by atoms with Crippen molar-refractivity contribution in [3.05, 3.63) is 53.1 Å². The first-order valence-corrected chi connectivity index (χ1v) is 8.20. The Labute approximate surface area is 130 Å². The molecule has 0 aliphatic heterocycles. The van der Waals surface area contributed by atoms with Gasteiger partial charge in [0.05, 0.1) is 18.1 Å². The molecular weight excluding hydrogens is 274 g/mol. The van der Waals surface area contributed by atoms with E-state index in [1.54, 1.807) is 6.33 Å². The number of benzene rings is 1. The van der Waals surface area contributed by atoms with Gasteiger partial charge in [-0.15, -0.1) is 0 Å². The van der Waals surface area contributed by atoms with Crippen LogP contribution in [-0.4, -0.2) is 15.9 Å². The summed E-state index contributed by atoms with van der Waals surface area (Å²) < 4.78 is 0. The molecule has 2 aromatic rings. The Bertz CT molecular complexity index is 691. The van der Waals surface area contributed by atoms with Gasteiger partial charge in [-0.3, -0.25) is 4.79 Å². The average molecular weight is 295 g/mol. The van der Waals surface area contributed by atoms with Gasteiger partial charge in [-0.2, -0.15) is 0 Å². The normalized spacial score (nSPS) is 23.5. The van der Waals surface area contributed by atoms with Crippen LogP contribution in [0.25, 0.3) is 0 Å². The van der Waals surface area contributed by atoms with Gasteiger partial charge >= 0.3 is 0 Å². The molecule has 0 unspecified atom stereocenters. The maximum absolute atomic E-state index is 12.7. The largest absolute Gasteiger partial charge is 0.349 e. The molecule has 0 bridgehead atoms. The van der Waals surface area contributed by atoms with Crippen molar-refractivity contribution in [2.75, 3.05) is 0 Å². The third kappa shape index (κ3) is 2.43. The molecule has 114 valence electrons. The van der Waals surface area contributed by atoms with E-state index < -0.39 is 0 Å². The number of aromatic nitrogens is 2. The number of aryl methyl sites for hydroxylation is 2. The van der Waals surface area contributed by atoms with Crippen molar-refractivity contribution in [2.24, 2.45) is 5.92 Å². The highest BCUT2D eigenvalue weighted by Gasteiger charge is 2.29. The van der Waals surface area contributed by atoms with Crippen LogP contribution in [0.3, 0.4) is 0 Å². The number of fused-ring (bicyclic) bond motifs is 2. The number of H-pyrrole nitrogens is 1. The molecule has 4 heteroatoms. The quantitative estimate of drug-likeness (QED) is 0.895. The van der Waals surface area contributed by atoms with Crippen molar-refractivity contribution in [2.45, 2.75) is 44.6 Å². The van der Waals surface area contributed by atoms with Gasteiger partial charge < -0.3 is 10.3 Å². The molecule has 2 aliphatic carbocycles. The summed E-state index contributed by atoms with van der Waals surface area (Å²) in [6.07, 6.45) is 7.65. The summed E-state index contributed by atoms with van der Waals surface area (Å²) in [6.45, 7) is 0. The number of nitrogens with one attached hydrogen (secondary N) is 2. The van der Waals surface area contributed by atoms with Gasteiger partial charge in [0.2, 0.25) is 5.91 Å². The van der Waals surface area contributed by atoms with E-state index in [0.717, 1.165) is 49.9 Å². The molecule has 2 atom stereocenters. The maximum atomic E-state index is 12.7. The van der Waals surface area contributed by atoms with Gasteiger partial charge in [-0.05, 0) is 43.2 Å². The minimum Gasteiger partial charge on any atom is -0.349 e. The Morgan fingerprint density at radius 2 is 2.14 bits per heavy atom. The summed E-state index contributed by atoms with van der Waals surface area (Å²) in [5.41, 5.74) is 4.96. The number of rotatable bonds is 2. The number of carbonyl (C=O) groups is 1. The standard InChI is InChI=1S/C18H21N3O/c22-18(13-8-9-16-17(10-13)20-11-19-16)21-15-7-3-5-12-4-1-2-6-14(12)15/h1-2,4,6,11,13,15H,3,5,7-10H2,(H,19,20)(H,21,22)/t13-,15-/m0/s1. The van der Waals surface area contributed by atoms with Crippen LogP contribution in [0, 0.1) is 5.92 Å². The van der Waals surface area contributed by atoms with E-state index in [4.69, 9.17) is 0 Å². The van der Waals surface area contributed by atoms with Gasteiger partial charge in [-0.25, -0.2) is 4.98 Å². The fourth-order valence-electron chi connectivity index (χ4n) is 3.82. The molecule has 1 aromatic carbocycles. The fourth-order valence-corrected chi connectivity index (χ4v) is 3.82. The van der Waals surface area contributed by atoms with Crippen LogP contribution < -0.4 is 5.32 Å². The van der Waals surface area contributed by atoms with Crippen LogP contribution in [0.1, 0.15) is 47.8 Å². The molecule has 0 saturated carbocycles. The molecule has 0 saturated heterocycles. The lowest BCUT2D eigenvalue weighted by Gasteiger charge is -2.29. The number of hydrogen-bond acceptors (Lipinski definition) is 2. The molecule has 4 nitrogen and oxygen atoms in total. The number of hydrogen-bond donors (Lipinski definition) is 2. The topological polar surface area (TPSA) is 57.8 Å². The van der Waals surface area contributed by atoms with Crippen molar-refractivity contribution in [3.8, 4) is 0 Å². The van der Waals surface area contributed by atoms with Crippen molar-refractivity contribution in [1.82, 2.24) is 15.3 Å². The van der Waals surface area contributed by atoms with Gasteiger partial charge in [0, 0.05) is 18.0 Å². The van der Waals surface area contributed by atoms with Gasteiger partial charge in [0.1, 0.15) is 0 Å². The van der Waals surface area contributed by atoms with E-state index in [-0.39, 0.29) is 17.9 Å². The summed E-state index contributed by atoms with van der Waals surface area (Å²) in [4.78, 5) is 20.1. The van der Waals surface area contributed by atoms with E-state index in [0.29, 0.717) is 0 Å². The summed E-state index contributed by atoms with van der Waals surface area (Å²) in [7, 11) is 0. The highest BCUT2D eigenvalue weighted by Crippen LogP contribution is 2.30. The Morgan fingerprint density at radius 3 is 3.09 bits per heavy atom. The molecule has 0 spiro atoms. The predicted molar refractivity (Wildman–Crippen MR) is 84.4 cm³/mol. The van der Waals surface area contributed by atoms with E-state index >= 15 is 0 Å². The van der Waals surface area contributed by atoms with Crippen LogP contribution in [-0.2, 0) is 24.1 Å². The first-order chi connectivity index (χ1) is 10.8. The Hall–Kier alpha value is -2.10. The van der Waals surface area contributed by atoms with Crippen LogP contribution in [0.2, 0.25) is 0 Å². The van der Waals surface area contributed by atoms with E-state index in [2.05, 4.69) is 39.6 Å². The molecule has 2 N–H and O–H groups in total. The highest BCUT2D eigenvalue weighted by atomic mass is 16.1. The minimum atomic E-state index is 0.0713. The van der Waals surface area contributed by atoms with E-state index in [9.17, 15) is 4.79 Å². The molecule has 0 fully saturated rings. The van der Waals surface area contributed by atoms with E-state index in [1.165, 1.54) is 11.1 Å². The molecule has 1 aromatic heterocycles. The third-order valence-electron chi connectivity index (χ3n) is 5.04. The second kappa shape index (κ2) is 5.59.